The Morgan fingerprint density at radius 1 is 1.11 bits per heavy atom. The summed E-state index contributed by atoms with van der Waals surface area (Å²) in [5, 5.41) is 2.21. The minimum atomic E-state index is -0.535. The van der Waals surface area contributed by atoms with Gasteiger partial charge in [0.1, 0.15) is 24.7 Å². The minimum absolute atomic E-state index is 0.209. The number of nitrogens with one attached hydrogen (secondary N) is 1. The Morgan fingerprint density at radius 3 is 2.49 bits per heavy atom. The number of ether oxygens (including phenoxy) is 1. The van der Waals surface area contributed by atoms with E-state index < -0.39 is 17.1 Å². The Bertz CT molecular complexity index is 1380. The molecule has 6 nitrogen and oxygen atoms in total. The maximum absolute atomic E-state index is 13.1. The molecule has 0 bridgehead atoms. The normalized spacial score (nSPS) is 14.4. The Morgan fingerprint density at radius 2 is 1.81 bits per heavy atom. The molecule has 0 atom stereocenters. The first kappa shape index (κ1) is 27.4. The van der Waals surface area contributed by atoms with E-state index in [9.17, 15) is 18.8 Å². The molecule has 0 spiro atoms. The van der Waals surface area contributed by atoms with Crippen molar-refractivity contribution in [3.63, 3.8) is 0 Å². The molecule has 0 radical (unpaired) electrons. The smallest absolute Gasteiger partial charge is 0.294 e. The van der Waals surface area contributed by atoms with Gasteiger partial charge in [0.15, 0.2) is 0 Å². The van der Waals surface area contributed by atoms with Crippen molar-refractivity contribution in [2.75, 3.05) is 18.1 Å². The van der Waals surface area contributed by atoms with Gasteiger partial charge in [-0.05, 0) is 110 Å². The van der Waals surface area contributed by atoms with Gasteiger partial charge in [0.05, 0.1) is 13.9 Å². The molecule has 1 aliphatic rings. The molecule has 0 aromatic heterocycles. The van der Waals surface area contributed by atoms with E-state index in [2.05, 4.69) is 37.2 Å². The van der Waals surface area contributed by atoms with Crippen LogP contribution in [0.2, 0.25) is 0 Å². The van der Waals surface area contributed by atoms with Crippen molar-refractivity contribution in [2.45, 2.75) is 11.5 Å². The number of hydrogen-bond acceptors (Lipinski definition) is 6. The van der Waals surface area contributed by atoms with E-state index in [-0.39, 0.29) is 23.9 Å². The summed E-state index contributed by atoms with van der Waals surface area (Å²) in [7, 11) is 0. The van der Waals surface area contributed by atoms with E-state index in [0.29, 0.717) is 25.9 Å². The highest BCUT2D eigenvalue weighted by Crippen LogP contribution is 2.38. The van der Waals surface area contributed by atoms with Crippen LogP contribution in [0.5, 0.6) is 5.75 Å². The molecule has 4 rings (SSSR count). The van der Waals surface area contributed by atoms with Crippen molar-refractivity contribution in [3.05, 3.63) is 91.5 Å². The maximum Gasteiger partial charge on any atom is 0.294 e. The molecular weight excluding hydrogens is 647 g/mol. The lowest BCUT2D eigenvalue weighted by Crippen LogP contribution is -2.36. The minimum Gasteiger partial charge on any atom is -0.487 e. The van der Waals surface area contributed by atoms with Gasteiger partial charge in [-0.1, -0.05) is 18.2 Å². The van der Waals surface area contributed by atoms with Gasteiger partial charge in [-0.25, -0.2) is 4.39 Å². The van der Waals surface area contributed by atoms with Gasteiger partial charge >= 0.3 is 0 Å². The topological polar surface area (TPSA) is 75.7 Å². The van der Waals surface area contributed by atoms with Crippen LogP contribution in [0.3, 0.4) is 0 Å². The first-order valence-corrected chi connectivity index (χ1v) is 14.4. The highest BCUT2D eigenvalue weighted by molar-refractivity contribution is 9.11. The zero-order valence-electron chi connectivity index (χ0n) is 19.3. The summed E-state index contributed by atoms with van der Waals surface area (Å²) in [6, 6.07) is 16.8. The van der Waals surface area contributed by atoms with Crippen molar-refractivity contribution in [1.29, 1.82) is 0 Å². The summed E-state index contributed by atoms with van der Waals surface area (Å²) in [5.74, 6) is -0.778. The largest absolute Gasteiger partial charge is 0.487 e. The fraction of sp³-hybridized carbons (Fsp3) is 0.115. The fourth-order valence-electron chi connectivity index (χ4n) is 3.37. The number of carbonyl (C=O) groups is 3. The number of benzene rings is 3. The van der Waals surface area contributed by atoms with Crippen molar-refractivity contribution >= 4 is 84.2 Å². The fourth-order valence-corrected chi connectivity index (χ4v) is 6.12. The molecule has 1 aliphatic heterocycles. The van der Waals surface area contributed by atoms with Crippen molar-refractivity contribution < 1.29 is 23.5 Å². The zero-order valence-corrected chi connectivity index (χ0v) is 24.1. The molecule has 1 heterocycles. The maximum atomic E-state index is 13.1. The third-order valence-corrected chi connectivity index (χ3v) is 7.95. The highest BCUT2D eigenvalue weighted by Gasteiger charge is 2.36. The van der Waals surface area contributed by atoms with Gasteiger partial charge in [0.25, 0.3) is 11.1 Å². The first-order valence-electron chi connectivity index (χ1n) is 10.8. The molecule has 3 aromatic rings. The number of hydrogen-bond donors (Lipinski definition) is 1. The average Bonchev–Trinajstić information content (AvgIpc) is 3.12. The van der Waals surface area contributed by atoms with Crippen LogP contribution in [0.15, 0.2) is 79.4 Å². The second-order valence-electron chi connectivity index (χ2n) is 7.78. The lowest BCUT2D eigenvalue weighted by atomic mass is 10.2. The molecule has 1 fully saturated rings. The molecule has 0 aliphatic carbocycles. The Labute approximate surface area is 238 Å². The van der Waals surface area contributed by atoms with Crippen LogP contribution in [0, 0.1) is 5.82 Å². The molecule has 0 unspecified atom stereocenters. The Balaban J connectivity index is 1.43. The standard InChI is InChI=1S/C26H19Br2FN2O4S2/c1-36-19-4-2-3-18(12-19)30-23(32)13-31-25(33)22(37-26(31)34)11-16-9-20(27)24(21(28)10-16)35-14-15-5-7-17(29)8-6-15/h2-12H,13-14H2,1H3,(H,30,32)/b22-11+. The van der Waals surface area contributed by atoms with Crippen molar-refractivity contribution in [2.24, 2.45) is 0 Å². The predicted octanol–water partition coefficient (Wildman–Crippen LogP) is 7.33. The van der Waals surface area contributed by atoms with Crippen LogP contribution in [0.4, 0.5) is 14.9 Å². The summed E-state index contributed by atoms with van der Waals surface area (Å²) < 4.78 is 20.2. The molecule has 1 N–H and O–H groups in total. The quantitative estimate of drug-likeness (QED) is 0.201. The number of amides is 3. The van der Waals surface area contributed by atoms with Gasteiger partial charge in [-0.2, -0.15) is 0 Å². The molecule has 11 heteroatoms. The number of thioether (sulfide) groups is 2. The second-order valence-corrected chi connectivity index (χ2v) is 11.4. The zero-order chi connectivity index (χ0) is 26.5. The number of carbonyl (C=O) groups excluding carboxylic acids is 3. The third-order valence-electron chi connectivity index (χ3n) is 5.14. The monoisotopic (exact) mass is 664 g/mol. The summed E-state index contributed by atoms with van der Waals surface area (Å²) in [6.07, 6.45) is 3.52. The molecule has 37 heavy (non-hydrogen) atoms. The SMILES string of the molecule is CSc1cccc(NC(=O)CN2C(=O)S/C(=C/c3cc(Br)c(OCc4ccc(F)cc4)c(Br)c3)C2=O)c1. The van der Waals surface area contributed by atoms with Crippen LogP contribution in [0.25, 0.3) is 6.08 Å². The molecule has 3 amide bonds. The summed E-state index contributed by atoms with van der Waals surface area (Å²) in [5.41, 5.74) is 2.05. The second kappa shape index (κ2) is 12.3. The summed E-state index contributed by atoms with van der Waals surface area (Å²) >= 11 is 9.28. The van der Waals surface area contributed by atoms with Crippen LogP contribution in [0.1, 0.15) is 11.1 Å². The number of rotatable bonds is 8. The van der Waals surface area contributed by atoms with Crippen molar-refractivity contribution in [1.82, 2.24) is 4.90 Å². The van der Waals surface area contributed by atoms with Crippen LogP contribution in [-0.2, 0) is 16.2 Å². The van der Waals surface area contributed by atoms with Crippen molar-refractivity contribution in [3.8, 4) is 5.75 Å². The summed E-state index contributed by atoms with van der Waals surface area (Å²) in [6.45, 7) is -0.144. The summed E-state index contributed by atoms with van der Waals surface area (Å²) in [4.78, 5) is 40.0. The molecule has 0 saturated carbocycles. The van der Waals surface area contributed by atoms with Gasteiger partial charge < -0.3 is 10.1 Å². The number of nitrogens with zero attached hydrogens (tertiary/aromatic N) is 1. The highest BCUT2D eigenvalue weighted by atomic mass is 79.9. The van der Waals surface area contributed by atoms with E-state index >= 15 is 0 Å². The Hall–Kier alpha value is -2.60. The van der Waals surface area contributed by atoms with E-state index in [4.69, 9.17) is 4.74 Å². The number of halogens is 3. The molecular formula is C26H19Br2FN2O4S2. The van der Waals surface area contributed by atoms with E-state index in [1.54, 1.807) is 48.2 Å². The van der Waals surface area contributed by atoms with E-state index in [1.807, 2.05) is 24.5 Å². The first-order chi connectivity index (χ1) is 17.7. The number of imide groups is 1. The molecule has 1 saturated heterocycles. The number of anilines is 1. The molecule has 190 valence electrons. The lowest BCUT2D eigenvalue weighted by Gasteiger charge is -2.13. The van der Waals surface area contributed by atoms with Gasteiger partial charge in [-0.15, -0.1) is 11.8 Å². The lowest BCUT2D eigenvalue weighted by molar-refractivity contribution is -0.127. The van der Waals surface area contributed by atoms with Crippen LogP contribution in [-0.4, -0.2) is 34.8 Å². The Kier molecular flexibility index (Phi) is 9.12. The van der Waals surface area contributed by atoms with Crippen LogP contribution < -0.4 is 10.1 Å². The van der Waals surface area contributed by atoms with Gasteiger partial charge in [0, 0.05) is 10.6 Å². The third kappa shape index (κ3) is 7.04. The average molecular weight is 666 g/mol. The van der Waals surface area contributed by atoms with Gasteiger partial charge in [-0.3, -0.25) is 19.3 Å². The molecule has 3 aromatic carbocycles. The van der Waals surface area contributed by atoms with Crippen LogP contribution >= 0.6 is 55.4 Å². The van der Waals surface area contributed by atoms with E-state index in [0.717, 1.165) is 27.1 Å². The predicted molar refractivity (Wildman–Crippen MR) is 152 cm³/mol. The van der Waals surface area contributed by atoms with Gasteiger partial charge in [0.2, 0.25) is 5.91 Å². The van der Waals surface area contributed by atoms with E-state index in [1.165, 1.54) is 12.1 Å².